The molecule has 1 aromatic heterocycles. The Morgan fingerprint density at radius 3 is 2.86 bits per heavy atom. The van der Waals surface area contributed by atoms with Gasteiger partial charge in [-0.15, -0.1) is 0 Å². The molecular formula is C15H21N3O3. The van der Waals surface area contributed by atoms with E-state index in [1.807, 2.05) is 32.9 Å². The molecule has 1 aromatic rings. The molecule has 0 unspecified atom stereocenters. The summed E-state index contributed by atoms with van der Waals surface area (Å²) in [6.45, 7) is 6.97. The van der Waals surface area contributed by atoms with Crippen molar-refractivity contribution in [1.82, 2.24) is 10.3 Å². The predicted octanol–water partition coefficient (Wildman–Crippen LogP) is 1.54. The molecule has 0 saturated carbocycles. The fourth-order valence-electron chi connectivity index (χ4n) is 2.11. The first-order valence-corrected chi connectivity index (χ1v) is 7.00. The van der Waals surface area contributed by atoms with Gasteiger partial charge in [0.15, 0.2) is 0 Å². The highest BCUT2D eigenvalue weighted by Gasteiger charge is 2.29. The molecule has 114 valence electrons. The second-order valence-electron chi connectivity index (χ2n) is 6.12. The zero-order valence-electron chi connectivity index (χ0n) is 12.6. The predicted molar refractivity (Wildman–Crippen MR) is 79.4 cm³/mol. The maximum Gasteiger partial charge on any atom is 0.407 e. The van der Waals surface area contributed by atoms with E-state index in [4.69, 9.17) is 4.74 Å². The lowest BCUT2D eigenvalue weighted by Gasteiger charge is -2.41. The highest BCUT2D eigenvalue weighted by Crippen LogP contribution is 2.21. The van der Waals surface area contributed by atoms with Gasteiger partial charge in [0.2, 0.25) is 0 Å². The topological polar surface area (TPSA) is 71.5 Å². The van der Waals surface area contributed by atoms with Gasteiger partial charge in [0.1, 0.15) is 11.9 Å². The molecular weight excluding hydrogens is 270 g/mol. The standard InChI is InChI=1S/C15H21N3O3/c1-15(2,3)21-14(20)17-12-9-18(10-12)13-4-6-16-11(8-13)5-7-19/h4,6-8,12H,5,9-10H2,1-3H3,(H,17,20). The third-order valence-electron chi connectivity index (χ3n) is 3.06. The van der Waals surface area contributed by atoms with Gasteiger partial charge in [-0.2, -0.15) is 0 Å². The van der Waals surface area contributed by atoms with Crippen LogP contribution in [0.25, 0.3) is 0 Å². The van der Waals surface area contributed by atoms with E-state index in [0.29, 0.717) is 6.42 Å². The molecule has 1 aliphatic heterocycles. The maximum atomic E-state index is 11.6. The van der Waals surface area contributed by atoms with Crippen LogP contribution in [0.2, 0.25) is 0 Å². The number of hydrogen-bond acceptors (Lipinski definition) is 5. The third-order valence-corrected chi connectivity index (χ3v) is 3.06. The van der Waals surface area contributed by atoms with Gasteiger partial charge in [-0.25, -0.2) is 4.79 Å². The van der Waals surface area contributed by atoms with Gasteiger partial charge in [0, 0.05) is 37.1 Å². The molecule has 2 heterocycles. The smallest absolute Gasteiger partial charge is 0.407 e. The van der Waals surface area contributed by atoms with E-state index in [1.54, 1.807) is 6.20 Å². The Hall–Kier alpha value is -2.11. The zero-order valence-corrected chi connectivity index (χ0v) is 12.6. The van der Waals surface area contributed by atoms with Crippen molar-refractivity contribution in [3.05, 3.63) is 24.0 Å². The van der Waals surface area contributed by atoms with Gasteiger partial charge in [0.05, 0.1) is 6.04 Å². The van der Waals surface area contributed by atoms with Crippen molar-refractivity contribution in [1.29, 1.82) is 0 Å². The summed E-state index contributed by atoms with van der Waals surface area (Å²) in [6, 6.07) is 3.89. The van der Waals surface area contributed by atoms with Crippen LogP contribution in [0.4, 0.5) is 10.5 Å². The third kappa shape index (κ3) is 4.44. The number of aromatic nitrogens is 1. The molecule has 0 aliphatic carbocycles. The number of carbonyl (C=O) groups excluding carboxylic acids is 2. The number of anilines is 1. The number of ether oxygens (including phenoxy) is 1. The van der Waals surface area contributed by atoms with Crippen LogP contribution in [0.3, 0.4) is 0 Å². The number of hydrogen-bond donors (Lipinski definition) is 1. The van der Waals surface area contributed by atoms with Crippen LogP contribution in [-0.2, 0) is 16.0 Å². The molecule has 1 amide bonds. The molecule has 1 saturated heterocycles. The first-order valence-electron chi connectivity index (χ1n) is 7.00. The highest BCUT2D eigenvalue weighted by atomic mass is 16.6. The van der Waals surface area contributed by atoms with E-state index in [1.165, 1.54) is 0 Å². The minimum absolute atomic E-state index is 0.0857. The van der Waals surface area contributed by atoms with Crippen molar-refractivity contribution in [2.24, 2.45) is 0 Å². The number of alkyl carbamates (subject to hydrolysis) is 1. The molecule has 6 heteroatoms. The monoisotopic (exact) mass is 291 g/mol. The summed E-state index contributed by atoms with van der Waals surface area (Å²) in [6.07, 6.45) is 2.47. The number of pyridine rings is 1. The lowest BCUT2D eigenvalue weighted by atomic mass is 10.1. The molecule has 1 aliphatic rings. The molecule has 21 heavy (non-hydrogen) atoms. The van der Waals surface area contributed by atoms with Crippen LogP contribution in [0.5, 0.6) is 0 Å². The van der Waals surface area contributed by atoms with Gasteiger partial charge < -0.3 is 19.7 Å². The summed E-state index contributed by atoms with van der Waals surface area (Å²) in [7, 11) is 0. The summed E-state index contributed by atoms with van der Waals surface area (Å²) < 4.78 is 5.22. The SMILES string of the molecule is CC(C)(C)OC(=O)NC1CN(c2ccnc(CC=O)c2)C1. The Kier molecular flexibility index (Phi) is 4.45. The summed E-state index contributed by atoms with van der Waals surface area (Å²) in [5.41, 5.74) is 1.29. The lowest BCUT2D eigenvalue weighted by Crippen LogP contribution is -2.60. The van der Waals surface area contributed by atoms with Gasteiger partial charge in [-0.3, -0.25) is 4.98 Å². The summed E-state index contributed by atoms with van der Waals surface area (Å²) in [5, 5.41) is 2.84. The number of aldehydes is 1. The lowest BCUT2D eigenvalue weighted by molar-refractivity contribution is -0.107. The molecule has 2 rings (SSSR count). The van der Waals surface area contributed by atoms with Crippen LogP contribution >= 0.6 is 0 Å². The zero-order chi connectivity index (χ0) is 15.5. The average Bonchev–Trinajstić information content (AvgIpc) is 2.32. The Balaban J connectivity index is 1.82. The number of amides is 1. The number of carbonyl (C=O) groups is 2. The summed E-state index contributed by atoms with van der Waals surface area (Å²) >= 11 is 0. The van der Waals surface area contributed by atoms with Crippen molar-refractivity contribution >= 4 is 18.1 Å². The Morgan fingerprint density at radius 2 is 2.24 bits per heavy atom. The van der Waals surface area contributed by atoms with Crippen molar-refractivity contribution in [2.75, 3.05) is 18.0 Å². The van der Waals surface area contributed by atoms with Crippen LogP contribution in [0, 0.1) is 0 Å². The molecule has 0 bridgehead atoms. The van der Waals surface area contributed by atoms with Crippen LogP contribution < -0.4 is 10.2 Å². The number of rotatable bonds is 4. The van der Waals surface area contributed by atoms with E-state index in [-0.39, 0.29) is 12.1 Å². The average molecular weight is 291 g/mol. The minimum atomic E-state index is -0.484. The summed E-state index contributed by atoms with van der Waals surface area (Å²) in [5.74, 6) is 0. The molecule has 0 atom stereocenters. The van der Waals surface area contributed by atoms with Gasteiger partial charge in [0.25, 0.3) is 0 Å². The van der Waals surface area contributed by atoms with Gasteiger partial charge in [-0.1, -0.05) is 0 Å². The largest absolute Gasteiger partial charge is 0.444 e. The molecule has 0 radical (unpaired) electrons. The molecule has 6 nitrogen and oxygen atoms in total. The van der Waals surface area contributed by atoms with Crippen LogP contribution in [-0.4, -0.2) is 42.1 Å². The van der Waals surface area contributed by atoms with E-state index in [2.05, 4.69) is 15.2 Å². The van der Waals surface area contributed by atoms with Crippen molar-refractivity contribution in [3.63, 3.8) is 0 Å². The second-order valence-corrected chi connectivity index (χ2v) is 6.12. The quantitative estimate of drug-likeness (QED) is 0.852. The fraction of sp³-hybridized carbons (Fsp3) is 0.533. The molecule has 1 fully saturated rings. The Bertz CT molecular complexity index is 519. The number of nitrogens with zero attached hydrogens (tertiary/aromatic N) is 2. The normalized spacial score (nSPS) is 15.3. The highest BCUT2D eigenvalue weighted by molar-refractivity contribution is 5.69. The second kappa shape index (κ2) is 6.11. The Morgan fingerprint density at radius 1 is 1.52 bits per heavy atom. The first kappa shape index (κ1) is 15.3. The van der Waals surface area contributed by atoms with Crippen molar-refractivity contribution in [3.8, 4) is 0 Å². The molecule has 0 spiro atoms. The van der Waals surface area contributed by atoms with E-state index in [9.17, 15) is 9.59 Å². The van der Waals surface area contributed by atoms with Gasteiger partial charge >= 0.3 is 6.09 Å². The molecule has 1 N–H and O–H groups in total. The minimum Gasteiger partial charge on any atom is -0.444 e. The van der Waals surface area contributed by atoms with Crippen molar-refractivity contribution < 1.29 is 14.3 Å². The van der Waals surface area contributed by atoms with Gasteiger partial charge in [-0.05, 0) is 32.9 Å². The Labute approximate surface area is 124 Å². The van der Waals surface area contributed by atoms with E-state index in [0.717, 1.165) is 30.8 Å². The fourth-order valence-corrected chi connectivity index (χ4v) is 2.11. The van der Waals surface area contributed by atoms with E-state index >= 15 is 0 Å². The maximum absolute atomic E-state index is 11.6. The molecule has 0 aromatic carbocycles. The summed E-state index contributed by atoms with van der Waals surface area (Å²) in [4.78, 5) is 28.4. The van der Waals surface area contributed by atoms with E-state index < -0.39 is 5.60 Å². The van der Waals surface area contributed by atoms with Crippen LogP contribution in [0.15, 0.2) is 18.3 Å². The number of nitrogens with one attached hydrogen (secondary N) is 1. The van der Waals surface area contributed by atoms with Crippen molar-refractivity contribution in [2.45, 2.75) is 38.8 Å². The first-order chi connectivity index (χ1) is 9.87. The van der Waals surface area contributed by atoms with Crippen LogP contribution in [0.1, 0.15) is 26.5 Å².